The third kappa shape index (κ3) is 24.6. The molecule has 24 nitrogen and oxygen atoms in total. The number of carbonyl (C=O) groups excluding carboxylic acids is 7. The predicted molar refractivity (Wildman–Crippen MR) is 267 cm³/mol. The molecule has 0 aromatic heterocycles. The van der Waals surface area contributed by atoms with E-state index >= 15 is 0 Å². The number of aromatic hydroxyl groups is 1. The Bertz CT molecular complexity index is 2110. The van der Waals surface area contributed by atoms with Crippen LogP contribution in [0.25, 0.3) is 0 Å². The third-order valence-corrected chi connectivity index (χ3v) is 10.7. The Kier molecular flexibility index (Phi) is 26.5. The van der Waals surface area contributed by atoms with Crippen LogP contribution in [0.3, 0.4) is 0 Å². The average molecular weight is 995 g/mol. The Labute approximate surface area is 414 Å². The Balaban J connectivity index is 2.29. The number of aliphatic carboxylic acids is 1. The second-order valence-electron chi connectivity index (χ2n) is 17.8. The topological polar surface area (TPSA) is 402 Å². The van der Waals surface area contributed by atoms with E-state index in [1.165, 1.54) is 12.1 Å². The van der Waals surface area contributed by atoms with E-state index in [1.807, 2.05) is 13.8 Å². The summed E-state index contributed by atoms with van der Waals surface area (Å²) in [5, 5.41) is 40.4. The van der Waals surface area contributed by atoms with E-state index in [1.54, 1.807) is 63.4 Å². The van der Waals surface area contributed by atoms with Gasteiger partial charge in [0.25, 0.3) is 0 Å². The van der Waals surface area contributed by atoms with Crippen molar-refractivity contribution >= 4 is 59.2 Å². The van der Waals surface area contributed by atoms with Gasteiger partial charge in [0.1, 0.15) is 36.0 Å². The molecule has 392 valence electrons. The molecule has 6 atom stereocenters. The summed E-state index contributed by atoms with van der Waals surface area (Å²) in [7, 11) is 1.58. The number of aliphatic imine (C=N–C) groups is 2. The molecule has 2 aromatic rings. The maximum absolute atomic E-state index is 14.2. The van der Waals surface area contributed by atoms with Crippen molar-refractivity contribution in [2.45, 2.75) is 115 Å². The van der Waals surface area contributed by atoms with Crippen LogP contribution < -0.4 is 65.5 Å². The maximum atomic E-state index is 14.2. The number of rotatable bonds is 32. The number of nitrogens with one attached hydrogen (secondary N) is 8. The molecule has 0 aliphatic rings. The van der Waals surface area contributed by atoms with E-state index in [0.29, 0.717) is 5.56 Å². The van der Waals surface area contributed by atoms with E-state index in [9.17, 15) is 48.6 Å². The Hall–Kier alpha value is -7.50. The van der Waals surface area contributed by atoms with Gasteiger partial charge in [0.05, 0.1) is 19.1 Å². The summed E-state index contributed by atoms with van der Waals surface area (Å²) in [6, 6.07) is 7.97. The van der Waals surface area contributed by atoms with Crippen LogP contribution >= 0.6 is 0 Å². The lowest BCUT2D eigenvalue weighted by Crippen LogP contribution is -2.59. The summed E-state index contributed by atoms with van der Waals surface area (Å²) in [6.07, 6.45) is 0.772. The maximum Gasteiger partial charge on any atom is 0.326 e. The number of phenolic OH excluding ortho intramolecular Hbond substituents is 1. The standard InChI is InChI=1S/C47H74N14O10/c1-27(2)21-35(43(68)59-32(13-9-19-53-46(48)49)41(66)58-33(14-10-20-54-47(50)51)42(67)61-37(45(70)71)22-28(3)4)60-44(69)36(24-29-11-7-6-8-12-29)57-39(64)26-55-38(63)25-56-40(65)34(52-5)23-30-15-17-31(62)18-16-30/h6-8,11-12,15-18,27-28,32-37,52,62H,9-10,13-14,19-26H2,1-5H3,(H,55,63)(H,56,65)(H,57,64)(H,58,66)(H,59,68)(H,60,69)(H,61,67)(H,70,71)(H4,48,49,53)(H4,50,51,54)/t32-,33-,34-,35-,36-,37+/m0/s1. The summed E-state index contributed by atoms with van der Waals surface area (Å²) < 4.78 is 0. The van der Waals surface area contributed by atoms with Gasteiger partial charge in [0.2, 0.25) is 41.4 Å². The molecule has 0 fully saturated rings. The number of carboxylic acids is 1. The second kappa shape index (κ2) is 31.6. The zero-order valence-electron chi connectivity index (χ0n) is 41.2. The highest BCUT2D eigenvalue weighted by Gasteiger charge is 2.33. The quantitative estimate of drug-likeness (QED) is 0.0208. The minimum absolute atomic E-state index is 0.0159. The van der Waals surface area contributed by atoms with Crippen molar-refractivity contribution in [3.8, 4) is 5.75 Å². The van der Waals surface area contributed by atoms with Crippen LogP contribution in [0.1, 0.15) is 77.3 Å². The molecule has 2 rings (SSSR count). The van der Waals surface area contributed by atoms with Gasteiger partial charge < -0.3 is 75.7 Å². The van der Waals surface area contributed by atoms with Crippen molar-refractivity contribution < 1.29 is 48.6 Å². The molecule has 0 aliphatic heterocycles. The van der Waals surface area contributed by atoms with Gasteiger partial charge in [0.15, 0.2) is 11.9 Å². The number of nitrogens with zero attached hydrogens (tertiary/aromatic N) is 2. The van der Waals surface area contributed by atoms with Crippen LogP contribution in [-0.2, 0) is 51.2 Å². The SMILES string of the molecule is CN[C@@H](Cc1ccc(O)cc1)C(=O)NCC(=O)NCC(=O)N[C@@H](Cc1ccccc1)C(=O)N[C@@H](CC(C)C)C(=O)N[C@@H](CCCN=C(N)N)C(=O)N[C@@H](CCCN=C(N)N)C(=O)N[C@H](CC(C)C)C(=O)O. The van der Waals surface area contributed by atoms with Crippen LogP contribution in [0.5, 0.6) is 5.75 Å². The number of benzene rings is 2. The Morgan fingerprint density at radius 3 is 1.45 bits per heavy atom. The molecule has 0 spiro atoms. The lowest BCUT2D eigenvalue weighted by Gasteiger charge is -2.28. The van der Waals surface area contributed by atoms with Crippen molar-refractivity contribution in [1.29, 1.82) is 0 Å². The first kappa shape index (κ1) is 59.6. The van der Waals surface area contributed by atoms with Gasteiger partial charge in [-0.05, 0) is 87.1 Å². The molecule has 0 heterocycles. The molecular formula is C47H74N14O10. The van der Waals surface area contributed by atoms with Crippen molar-refractivity contribution in [3.05, 3.63) is 65.7 Å². The van der Waals surface area contributed by atoms with Gasteiger partial charge in [-0.25, -0.2) is 4.79 Å². The smallest absolute Gasteiger partial charge is 0.326 e. The summed E-state index contributed by atoms with van der Waals surface area (Å²) in [6.45, 7) is 6.34. The zero-order chi connectivity index (χ0) is 53.0. The first-order chi connectivity index (χ1) is 33.6. The number of carbonyl (C=O) groups is 8. The minimum atomic E-state index is -1.32. The molecule has 0 saturated heterocycles. The van der Waals surface area contributed by atoms with E-state index in [4.69, 9.17) is 22.9 Å². The number of hydrogen-bond donors (Lipinski definition) is 14. The molecule has 0 radical (unpaired) electrons. The highest BCUT2D eigenvalue weighted by atomic mass is 16.4. The number of carboxylic acid groups (broad SMARTS) is 1. The fourth-order valence-electron chi connectivity index (χ4n) is 7.06. The highest BCUT2D eigenvalue weighted by molar-refractivity contribution is 5.97. The zero-order valence-corrected chi connectivity index (χ0v) is 41.2. The molecule has 18 N–H and O–H groups in total. The number of likely N-dealkylation sites (N-methyl/N-ethyl adjacent to an activating group) is 1. The van der Waals surface area contributed by atoms with Gasteiger partial charge >= 0.3 is 5.97 Å². The first-order valence-corrected chi connectivity index (χ1v) is 23.5. The van der Waals surface area contributed by atoms with Crippen molar-refractivity contribution in [3.63, 3.8) is 0 Å². The van der Waals surface area contributed by atoms with Crippen molar-refractivity contribution in [1.82, 2.24) is 42.5 Å². The average Bonchev–Trinajstić information content (AvgIpc) is 3.30. The van der Waals surface area contributed by atoms with Crippen LogP contribution in [0.2, 0.25) is 0 Å². The molecule has 2 aromatic carbocycles. The first-order valence-electron chi connectivity index (χ1n) is 23.5. The third-order valence-electron chi connectivity index (χ3n) is 10.7. The number of hydrogen-bond acceptors (Lipinski definition) is 12. The van der Waals surface area contributed by atoms with Gasteiger partial charge in [-0.15, -0.1) is 0 Å². The molecule has 0 saturated carbocycles. The number of guanidine groups is 2. The predicted octanol–water partition coefficient (Wildman–Crippen LogP) is -2.29. The lowest BCUT2D eigenvalue weighted by atomic mass is 10.00. The highest BCUT2D eigenvalue weighted by Crippen LogP contribution is 2.13. The van der Waals surface area contributed by atoms with Gasteiger partial charge in [-0.2, -0.15) is 0 Å². The summed E-state index contributed by atoms with van der Waals surface area (Å²) >= 11 is 0. The van der Waals surface area contributed by atoms with Crippen LogP contribution in [-0.4, -0.2) is 139 Å². The largest absolute Gasteiger partial charge is 0.508 e. The van der Waals surface area contributed by atoms with E-state index in [0.717, 1.165) is 5.56 Å². The lowest BCUT2D eigenvalue weighted by molar-refractivity contribution is -0.143. The Morgan fingerprint density at radius 2 is 0.958 bits per heavy atom. The van der Waals surface area contributed by atoms with Crippen LogP contribution in [0.15, 0.2) is 64.6 Å². The van der Waals surface area contributed by atoms with Crippen LogP contribution in [0, 0.1) is 11.8 Å². The molecule has 7 amide bonds. The fourth-order valence-corrected chi connectivity index (χ4v) is 7.06. The molecule has 0 bridgehead atoms. The molecule has 0 aliphatic carbocycles. The molecule has 71 heavy (non-hydrogen) atoms. The van der Waals surface area contributed by atoms with Gasteiger partial charge in [0, 0.05) is 19.5 Å². The minimum Gasteiger partial charge on any atom is -0.508 e. The van der Waals surface area contributed by atoms with Crippen molar-refractivity contribution in [2.75, 3.05) is 33.2 Å². The summed E-state index contributed by atoms with van der Waals surface area (Å²) in [4.78, 5) is 115. The Morgan fingerprint density at radius 1 is 0.521 bits per heavy atom. The van der Waals surface area contributed by atoms with Gasteiger partial charge in [-0.1, -0.05) is 70.2 Å². The normalized spacial score (nSPS) is 13.5. The molecule has 24 heteroatoms. The number of nitrogens with two attached hydrogens (primary N) is 4. The number of amides is 7. The molecule has 0 unspecified atom stereocenters. The molecular weight excluding hydrogens is 921 g/mol. The van der Waals surface area contributed by atoms with Gasteiger partial charge in [-0.3, -0.25) is 43.5 Å². The van der Waals surface area contributed by atoms with E-state index in [2.05, 4.69) is 52.5 Å². The van der Waals surface area contributed by atoms with E-state index in [-0.39, 0.29) is 94.0 Å². The summed E-state index contributed by atoms with van der Waals surface area (Å²) in [5.41, 5.74) is 23.3. The number of phenols is 1. The second-order valence-corrected chi connectivity index (χ2v) is 17.8. The fraction of sp³-hybridized carbons (Fsp3) is 0.532. The monoisotopic (exact) mass is 995 g/mol. The van der Waals surface area contributed by atoms with E-state index < -0.39 is 96.7 Å². The summed E-state index contributed by atoms with van der Waals surface area (Å²) in [5.74, 6) is -6.88. The van der Waals surface area contributed by atoms with Crippen LogP contribution in [0.4, 0.5) is 0 Å². The van der Waals surface area contributed by atoms with Crippen molar-refractivity contribution in [2.24, 2.45) is 44.8 Å².